The maximum atomic E-state index is 13.1. The van der Waals surface area contributed by atoms with E-state index in [2.05, 4.69) is 10.1 Å². The minimum Gasteiger partial charge on any atom is -0.367 e. The van der Waals surface area contributed by atoms with Crippen LogP contribution >= 0.6 is 11.3 Å². The van der Waals surface area contributed by atoms with Crippen molar-refractivity contribution >= 4 is 27.9 Å². The minimum atomic E-state index is -0.311. The zero-order chi connectivity index (χ0) is 15.7. The van der Waals surface area contributed by atoms with E-state index in [1.807, 2.05) is 19.5 Å². The smallest absolute Gasteiger partial charge is 0.283 e. The second-order valence-electron chi connectivity index (χ2n) is 4.93. The lowest BCUT2D eigenvalue weighted by atomic mass is 10.1. The van der Waals surface area contributed by atoms with Gasteiger partial charge in [-0.3, -0.25) is 4.79 Å². The van der Waals surface area contributed by atoms with Crippen LogP contribution in [0.1, 0.15) is 0 Å². The van der Waals surface area contributed by atoms with Gasteiger partial charge in [-0.05, 0) is 17.7 Å². The molecule has 7 heteroatoms. The fraction of sp³-hybridized carbons (Fsp3) is 0.133. The van der Waals surface area contributed by atoms with E-state index >= 15 is 0 Å². The number of aromatic nitrogens is 2. The molecule has 0 fully saturated rings. The van der Waals surface area contributed by atoms with Crippen molar-refractivity contribution in [1.82, 2.24) is 14.6 Å². The number of halogens is 1. The molecule has 0 unspecified atom stereocenters. The molecule has 3 rings (SSSR count). The monoisotopic (exact) mass is 316 g/mol. The second-order valence-corrected chi connectivity index (χ2v) is 5.78. The van der Waals surface area contributed by atoms with Crippen LogP contribution in [0.5, 0.6) is 0 Å². The average Bonchev–Trinajstić information content (AvgIpc) is 2.92. The summed E-state index contributed by atoms with van der Waals surface area (Å²) >= 11 is 1.38. The number of nitrogens with zero attached hydrogens (tertiary/aromatic N) is 4. The van der Waals surface area contributed by atoms with Crippen LogP contribution in [-0.4, -0.2) is 35.0 Å². The SMILES string of the molecule is CN(C)/C=N/n1cnc2scc(-c3ccc(F)cc3)c2c1=O. The number of thiophene rings is 1. The molecule has 22 heavy (non-hydrogen) atoms. The Bertz CT molecular complexity index is 896. The van der Waals surface area contributed by atoms with E-state index < -0.39 is 0 Å². The zero-order valence-corrected chi connectivity index (χ0v) is 12.8. The third-order valence-electron chi connectivity index (χ3n) is 3.04. The summed E-state index contributed by atoms with van der Waals surface area (Å²) in [6.07, 6.45) is 2.93. The fourth-order valence-corrected chi connectivity index (χ4v) is 2.91. The molecule has 0 radical (unpaired) electrons. The number of fused-ring (bicyclic) bond motifs is 1. The number of benzene rings is 1. The van der Waals surface area contributed by atoms with Crippen molar-refractivity contribution in [2.45, 2.75) is 0 Å². The van der Waals surface area contributed by atoms with Crippen LogP contribution in [0.25, 0.3) is 21.3 Å². The van der Waals surface area contributed by atoms with E-state index in [9.17, 15) is 9.18 Å². The summed E-state index contributed by atoms with van der Waals surface area (Å²) in [6, 6.07) is 6.04. The van der Waals surface area contributed by atoms with Crippen molar-refractivity contribution in [3.8, 4) is 11.1 Å². The second kappa shape index (κ2) is 5.69. The average molecular weight is 316 g/mol. The molecule has 0 aliphatic carbocycles. The Morgan fingerprint density at radius 3 is 2.73 bits per heavy atom. The van der Waals surface area contributed by atoms with E-state index in [4.69, 9.17) is 0 Å². The summed E-state index contributed by atoms with van der Waals surface area (Å²) < 4.78 is 14.3. The molecule has 2 aromatic heterocycles. The topological polar surface area (TPSA) is 50.5 Å². The summed E-state index contributed by atoms with van der Waals surface area (Å²) in [5, 5.41) is 6.42. The molecule has 0 bridgehead atoms. The minimum absolute atomic E-state index is 0.247. The Balaban J connectivity index is 2.19. The van der Waals surface area contributed by atoms with Gasteiger partial charge in [0.15, 0.2) is 0 Å². The van der Waals surface area contributed by atoms with Crippen molar-refractivity contribution in [3.63, 3.8) is 0 Å². The quantitative estimate of drug-likeness (QED) is 0.551. The van der Waals surface area contributed by atoms with Crippen LogP contribution in [0.2, 0.25) is 0 Å². The standard InChI is InChI=1S/C15H13FN4OS/c1-19(2)9-18-20-8-17-14-13(15(20)21)12(7-22-14)10-3-5-11(16)6-4-10/h3-9H,1-2H3/b18-9+. The molecule has 0 N–H and O–H groups in total. The van der Waals surface area contributed by atoms with Crippen molar-refractivity contribution in [1.29, 1.82) is 0 Å². The zero-order valence-electron chi connectivity index (χ0n) is 12.0. The molecule has 112 valence electrons. The molecule has 0 saturated carbocycles. The summed E-state index contributed by atoms with van der Waals surface area (Å²) in [5.74, 6) is -0.311. The van der Waals surface area contributed by atoms with Gasteiger partial charge in [0, 0.05) is 25.0 Å². The van der Waals surface area contributed by atoms with Crippen molar-refractivity contribution in [2.24, 2.45) is 5.10 Å². The molecule has 0 atom stereocenters. The van der Waals surface area contributed by atoms with Crippen LogP contribution in [0.15, 0.2) is 45.9 Å². The van der Waals surface area contributed by atoms with E-state index in [1.54, 1.807) is 17.0 Å². The fourth-order valence-electron chi connectivity index (χ4n) is 2.01. The van der Waals surface area contributed by atoms with Gasteiger partial charge in [-0.2, -0.15) is 9.78 Å². The van der Waals surface area contributed by atoms with E-state index in [1.165, 1.54) is 40.8 Å². The summed E-state index contributed by atoms with van der Waals surface area (Å²) in [7, 11) is 3.63. The molecule has 0 saturated heterocycles. The van der Waals surface area contributed by atoms with E-state index in [0.717, 1.165) is 11.1 Å². The van der Waals surface area contributed by atoms with Gasteiger partial charge in [0.25, 0.3) is 5.56 Å². The molecule has 3 aromatic rings. The summed E-state index contributed by atoms with van der Waals surface area (Å²) in [5.41, 5.74) is 1.27. The molecule has 0 amide bonds. The van der Waals surface area contributed by atoms with Gasteiger partial charge >= 0.3 is 0 Å². The Morgan fingerprint density at radius 2 is 2.05 bits per heavy atom. The van der Waals surface area contributed by atoms with Crippen LogP contribution < -0.4 is 5.56 Å². The first kappa shape index (κ1) is 14.4. The van der Waals surface area contributed by atoms with Gasteiger partial charge in [-0.15, -0.1) is 11.3 Å². The highest BCUT2D eigenvalue weighted by Crippen LogP contribution is 2.30. The molecule has 0 aliphatic rings. The first-order valence-corrected chi connectivity index (χ1v) is 7.40. The van der Waals surface area contributed by atoms with Crippen LogP contribution in [0.4, 0.5) is 4.39 Å². The molecular formula is C15H13FN4OS. The summed E-state index contributed by atoms with van der Waals surface area (Å²) in [4.78, 5) is 19.2. The molecular weight excluding hydrogens is 303 g/mol. The van der Waals surface area contributed by atoms with E-state index in [-0.39, 0.29) is 11.4 Å². The van der Waals surface area contributed by atoms with Gasteiger partial charge < -0.3 is 4.90 Å². The van der Waals surface area contributed by atoms with Gasteiger partial charge in [-0.1, -0.05) is 12.1 Å². The molecule has 5 nitrogen and oxygen atoms in total. The van der Waals surface area contributed by atoms with Crippen LogP contribution in [0, 0.1) is 5.82 Å². The molecule has 2 heterocycles. The number of hydrogen-bond acceptors (Lipinski definition) is 4. The Hall–Kier alpha value is -2.54. The third kappa shape index (κ3) is 2.62. The maximum absolute atomic E-state index is 13.1. The predicted octanol–water partition coefficient (Wildman–Crippen LogP) is 2.62. The van der Waals surface area contributed by atoms with Gasteiger partial charge in [-0.25, -0.2) is 9.37 Å². The molecule has 0 aliphatic heterocycles. The molecule has 0 spiro atoms. The Kier molecular flexibility index (Phi) is 3.72. The van der Waals surface area contributed by atoms with Crippen molar-refractivity contribution in [3.05, 3.63) is 52.1 Å². The Labute approximate surface area is 130 Å². The first-order chi connectivity index (χ1) is 10.6. The van der Waals surface area contributed by atoms with Gasteiger partial charge in [0.2, 0.25) is 0 Å². The Morgan fingerprint density at radius 1 is 1.32 bits per heavy atom. The van der Waals surface area contributed by atoms with E-state index in [0.29, 0.717) is 10.2 Å². The maximum Gasteiger partial charge on any atom is 0.283 e. The predicted molar refractivity (Wildman–Crippen MR) is 86.9 cm³/mol. The third-order valence-corrected chi connectivity index (χ3v) is 3.93. The van der Waals surface area contributed by atoms with Gasteiger partial charge in [0.1, 0.15) is 23.3 Å². The largest absolute Gasteiger partial charge is 0.367 e. The lowest BCUT2D eigenvalue weighted by Gasteiger charge is -2.04. The van der Waals surface area contributed by atoms with Crippen molar-refractivity contribution in [2.75, 3.05) is 14.1 Å². The highest BCUT2D eigenvalue weighted by Gasteiger charge is 2.13. The highest BCUT2D eigenvalue weighted by molar-refractivity contribution is 7.17. The number of hydrogen-bond donors (Lipinski definition) is 0. The van der Waals surface area contributed by atoms with Crippen LogP contribution in [0.3, 0.4) is 0 Å². The summed E-state index contributed by atoms with van der Waals surface area (Å²) in [6.45, 7) is 0. The van der Waals surface area contributed by atoms with Crippen molar-refractivity contribution < 1.29 is 4.39 Å². The normalized spacial score (nSPS) is 11.4. The lowest BCUT2D eigenvalue weighted by molar-refractivity contribution is 0.628. The lowest BCUT2D eigenvalue weighted by Crippen LogP contribution is -2.19. The first-order valence-electron chi connectivity index (χ1n) is 6.52. The molecule has 1 aromatic carbocycles. The van der Waals surface area contributed by atoms with Crippen LogP contribution in [-0.2, 0) is 0 Å². The highest BCUT2D eigenvalue weighted by atomic mass is 32.1. The van der Waals surface area contributed by atoms with Gasteiger partial charge in [0.05, 0.1) is 5.39 Å². The number of rotatable bonds is 3.